The summed E-state index contributed by atoms with van der Waals surface area (Å²) in [6.45, 7) is 12.7. The molecule has 2 heterocycles. The molecule has 168 valence electrons. The lowest BCUT2D eigenvalue weighted by Crippen LogP contribution is -2.27. The molecule has 2 atom stereocenters. The third kappa shape index (κ3) is 4.33. The highest BCUT2D eigenvalue weighted by atomic mass is 15.0. The first-order valence-electron chi connectivity index (χ1n) is 11.1. The topological polar surface area (TPSA) is 109 Å². The second kappa shape index (κ2) is 7.87. The first-order chi connectivity index (χ1) is 14.9. The van der Waals surface area contributed by atoms with Gasteiger partial charge in [0.15, 0.2) is 0 Å². The number of rotatable bonds is 4. The Morgan fingerprint density at radius 3 is 1.91 bits per heavy atom. The van der Waals surface area contributed by atoms with Gasteiger partial charge in [0.2, 0.25) is 0 Å². The van der Waals surface area contributed by atoms with Crippen LogP contribution >= 0.6 is 0 Å². The fraction of sp³-hybridized carbons (Fsp3) is 0.385. The summed E-state index contributed by atoms with van der Waals surface area (Å²) in [5, 5.41) is 0. The minimum atomic E-state index is -0.150. The molecular formula is C26H34N6. The Hall–Kier alpha value is -2.96. The van der Waals surface area contributed by atoms with Gasteiger partial charge in [-0.1, -0.05) is 71.9 Å². The molecule has 0 aliphatic heterocycles. The number of aromatic nitrogens is 4. The number of H-pyrrole nitrogens is 2. The van der Waals surface area contributed by atoms with Crippen molar-refractivity contribution in [3.63, 3.8) is 0 Å². The zero-order valence-electron chi connectivity index (χ0n) is 19.8. The summed E-state index contributed by atoms with van der Waals surface area (Å²) in [5.74, 6) is 1.63. The van der Waals surface area contributed by atoms with Crippen LogP contribution in [-0.4, -0.2) is 19.9 Å². The summed E-state index contributed by atoms with van der Waals surface area (Å²) in [7, 11) is 0. The molecule has 0 radical (unpaired) electrons. The van der Waals surface area contributed by atoms with E-state index in [1.54, 1.807) is 0 Å². The molecule has 4 rings (SSSR count). The van der Waals surface area contributed by atoms with Crippen LogP contribution in [0.15, 0.2) is 48.7 Å². The highest BCUT2D eigenvalue weighted by Gasteiger charge is 2.26. The van der Waals surface area contributed by atoms with Crippen LogP contribution in [0.3, 0.4) is 0 Å². The fourth-order valence-electron chi connectivity index (χ4n) is 3.66. The number of aromatic amines is 2. The van der Waals surface area contributed by atoms with E-state index in [0.29, 0.717) is 0 Å². The second-order valence-corrected chi connectivity index (χ2v) is 10.8. The first-order valence-corrected chi connectivity index (χ1v) is 11.1. The van der Waals surface area contributed by atoms with E-state index >= 15 is 0 Å². The van der Waals surface area contributed by atoms with Crippen LogP contribution in [0.4, 0.5) is 0 Å². The van der Waals surface area contributed by atoms with Crippen LogP contribution in [-0.2, 0) is 0 Å². The average Bonchev–Trinajstić information content (AvgIpc) is 3.38. The first kappa shape index (κ1) is 22.2. The molecule has 0 unspecified atom stereocenters. The number of nitrogens with one attached hydrogen (secondary N) is 2. The maximum atomic E-state index is 6.39. The zero-order chi connectivity index (χ0) is 23.3. The van der Waals surface area contributed by atoms with Crippen molar-refractivity contribution in [1.82, 2.24) is 19.9 Å². The quantitative estimate of drug-likeness (QED) is 0.332. The van der Waals surface area contributed by atoms with Crippen LogP contribution < -0.4 is 11.5 Å². The molecule has 0 saturated heterocycles. The van der Waals surface area contributed by atoms with Gasteiger partial charge < -0.3 is 21.4 Å². The van der Waals surface area contributed by atoms with E-state index < -0.39 is 0 Å². The molecule has 0 saturated carbocycles. The van der Waals surface area contributed by atoms with Gasteiger partial charge in [0, 0.05) is 0 Å². The largest absolute Gasteiger partial charge is 0.341 e. The summed E-state index contributed by atoms with van der Waals surface area (Å²) in [5.41, 5.74) is 18.9. The maximum absolute atomic E-state index is 6.39. The lowest BCUT2D eigenvalue weighted by atomic mass is 9.87. The zero-order valence-corrected chi connectivity index (χ0v) is 19.8. The van der Waals surface area contributed by atoms with Crippen molar-refractivity contribution in [3.8, 4) is 22.4 Å². The Labute approximate surface area is 189 Å². The molecule has 2 aromatic carbocycles. The van der Waals surface area contributed by atoms with Gasteiger partial charge in [-0.3, -0.25) is 0 Å². The van der Waals surface area contributed by atoms with Gasteiger partial charge >= 0.3 is 0 Å². The third-order valence-electron chi connectivity index (χ3n) is 6.08. The van der Waals surface area contributed by atoms with Crippen LogP contribution in [0.25, 0.3) is 33.4 Å². The number of nitrogens with zero attached hydrogens (tertiary/aromatic N) is 2. The molecule has 6 heteroatoms. The highest BCUT2D eigenvalue weighted by molar-refractivity contribution is 5.82. The molecule has 6 nitrogen and oxygen atoms in total. The summed E-state index contributed by atoms with van der Waals surface area (Å²) in [4.78, 5) is 16.0. The van der Waals surface area contributed by atoms with Crippen molar-refractivity contribution in [2.75, 3.05) is 0 Å². The number of fused-ring (bicyclic) bond motifs is 1. The normalized spacial score (nSPS) is 14.6. The molecule has 4 aromatic rings. The van der Waals surface area contributed by atoms with E-state index in [-0.39, 0.29) is 22.9 Å². The lowest BCUT2D eigenvalue weighted by Gasteiger charge is -2.25. The van der Waals surface area contributed by atoms with Crippen LogP contribution in [0.2, 0.25) is 0 Å². The second-order valence-electron chi connectivity index (χ2n) is 10.8. The standard InChI is InChI=1S/C26H34N6/c1-25(2,3)21(27)23-29-14-20(32-23)16-9-7-15(8-10-16)17-11-12-18-19(13-17)31-24(30-18)22(28)26(4,5)6/h7-14,21-22H,27-28H2,1-6H3,(H,29,32)(H,30,31)/t21-,22-/m1/s1. The summed E-state index contributed by atoms with van der Waals surface area (Å²) >= 11 is 0. The van der Waals surface area contributed by atoms with Gasteiger partial charge in [-0.2, -0.15) is 0 Å². The predicted octanol–water partition coefficient (Wildman–Crippen LogP) is 5.71. The van der Waals surface area contributed by atoms with E-state index in [9.17, 15) is 0 Å². The van der Waals surface area contributed by atoms with E-state index in [0.717, 1.165) is 45.1 Å². The molecule has 32 heavy (non-hydrogen) atoms. The minimum Gasteiger partial charge on any atom is -0.341 e. The Morgan fingerprint density at radius 2 is 1.28 bits per heavy atom. The maximum Gasteiger partial charge on any atom is 0.124 e. The van der Waals surface area contributed by atoms with E-state index in [2.05, 4.69) is 92.9 Å². The van der Waals surface area contributed by atoms with Crippen molar-refractivity contribution < 1.29 is 0 Å². The van der Waals surface area contributed by atoms with Crippen molar-refractivity contribution in [3.05, 3.63) is 60.3 Å². The Kier molecular flexibility index (Phi) is 5.47. The molecule has 0 amide bonds. The molecule has 2 aromatic heterocycles. The SMILES string of the molecule is CC(C)(C)[C@H](N)c1ncc(-c2ccc(-c3ccc4nc([C@@H](N)C(C)(C)C)[nH]c4c3)cc2)[nH]1. The highest BCUT2D eigenvalue weighted by Crippen LogP contribution is 2.32. The average molecular weight is 431 g/mol. The monoisotopic (exact) mass is 430 g/mol. The summed E-state index contributed by atoms with van der Waals surface area (Å²) < 4.78 is 0. The number of nitrogens with two attached hydrogens (primary N) is 2. The summed E-state index contributed by atoms with van der Waals surface area (Å²) in [6.07, 6.45) is 1.85. The predicted molar refractivity (Wildman–Crippen MR) is 132 cm³/mol. The van der Waals surface area contributed by atoms with Gasteiger partial charge in [-0.15, -0.1) is 0 Å². The van der Waals surface area contributed by atoms with Gasteiger partial charge in [-0.25, -0.2) is 9.97 Å². The van der Waals surface area contributed by atoms with Crippen LogP contribution in [0.1, 0.15) is 65.3 Å². The van der Waals surface area contributed by atoms with Gasteiger partial charge in [0.1, 0.15) is 11.6 Å². The van der Waals surface area contributed by atoms with Crippen LogP contribution in [0.5, 0.6) is 0 Å². The van der Waals surface area contributed by atoms with Gasteiger partial charge in [0.25, 0.3) is 0 Å². The number of benzene rings is 2. The molecule has 0 bridgehead atoms. The van der Waals surface area contributed by atoms with Crippen molar-refractivity contribution in [2.24, 2.45) is 22.3 Å². The lowest BCUT2D eigenvalue weighted by molar-refractivity contribution is 0.317. The number of hydrogen-bond acceptors (Lipinski definition) is 4. The Morgan fingerprint density at radius 1 is 0.719 bits per heavy atom. The minimum absolute atomic E-state index is 0.0546. The molecule has 6 N–H and O–H groups in total. The van der Waals surface area contributed by atoms with E-state index in [1.165, 1.54) is 0 Å². The number of hydrogen-bond donors (Lipinski definition) is 4. The van der Waals surface area contributed by atoms with Crippen molar-refractivity contribution in [1.29, 1.82) is 0 Å². The van der Waals surface area contributed by atoms with Crippen LogP contribution in [0, 0.1) is 10.8 Å². The molecule has 0 aliphatic rings. The summed E-state index contributed by atoms with van der Waals surface area (Å²) in [6, 6.07) is 14.4. The van der Waals surface area contributed by atoms with Crippen molar-refractivity contribution in [2.45, 2.75) is 53.6 Å². The van der Waals surface area contributed by atoms with Gasteiger partial charge in [0.05, 0.1) is 35.0 Å². The van der Waals surface area contributed by atoms with Gasteiger partial charge in [-0.05, 0) is 39.7 Å². The van der Waals surface area contributed by atoms with E-state index in [4.69, 9.17) is 16.5 Å². The van der Waals surface area contributed by atoms with Crippen molar-refractivity contribution >= 4 is 11.0 Å². The molecule has 0 fully saturated rings. The number of imidazole rings is 2. The molecule has 0 aliphatic carbocycles. The smallest absolute Gasteiger partial charge is 0.124 e. The molecular weight excluding hydrogens is 396 g/mol. The Balaban J connectivity index is 1.58. The third-order valence-corrected chi connectivity index (χ3v) is 6.08. The molecule has 0 spiro atoms. The Bertz CT molecular complexity index is 1220. The van der Waals surface area contributed by atoms with E-state index in [1.807, 2.05) is 12.3 Å². The fourth-order valence-corrected chi connectivity index (χ4v) is 3.66.